The van der Waals surface area contributed by atoms with Crippen molar-refractivity contribution in [1.29, 1.82) is 0 Å². The number of unbranched alkanes of at least 4 members (excludes halogenated alkanes) is 3. The summed E-state index contributed by atoms with van der Waals surface area (Å²) < 4.78 is 10.8. The first-order chi connectivity index (χ1) is 15.8. The maximum absolute atomic E-state index is 9.61. The van der Waals surface area contributed by atoms with E-state index in [9.17, 15) is 5.11 Å². The molecule has 184 valence electrons. The molecule has 1 aromatic heterocycles. The molecule has 0 aliphatic carbocycles. The molecule has 2 aromatic rings. The van der Waals surface area contributed by atoms with E-state index in [-0.39, 0.29) is 5.75 Å². The summed E-state index contributed by atoms with van der Waals surface area (Å²) in [5.41, 5.74) is 1.71. The largest absolute Gasteiger partial charge is 0.508 e. The third-order valence-corrected chi connectivity index (χ3v) is 9.50. The highest BCUT2D eigenvalue weighted by Crippen LogP contribution is 2.24. The third kappa shape index (κ3) is 11.2. The Bertz CT molecular complexity index is 808. The first-order valence-corrected chi connectivity index (χ1v) is 16.1. The van der Waals surface area contributed by atoms with Crippen molar-refractivity contribution in [3.05, 3.63) is 36.2 Å². The molecule has 1 fully saturated rings. The van der Waals surface area contributed by atoms with E-state index in [1.165, 1.54) is 50.6 Å². The molecular weight excluding hydrogens is 428 g/mol. The van der Waals surface area contributed by atoms with Gasteiger partial charge in [-0.2, -0.15) is 0 Å². The molecule has 1 aliphatic heterocycles. The Morgan fingerprint density at radius 1 is 1.03 bits per heavy atom. The van der Waals surface area contributed by atoms with Gasteiger partial charge in [0.05, 0.1) is 31.7 Å². The maximum Gasteiger partial charge on any atom is 0.159 e. The van der Waals surface area contributed by atoms with Crippen LogP contribution in [0.3, 0.4) is 0 Å². The maximum atomic E-state index is 9.61. The molecule has 1 aliphatic rings. The van der Waals surface area contributed by atoms with E-state index in [2.05, 4.69) is 36.9 Å². The molecule has 5 nitrogen and oxygen atoms in total. The number of epoxide rings is 1. The molecular formula is C27H44N2O3Si. The van der Waals surface area contributed by atoms with Crippen molar-refractivity contribution in [2.24, 2.45) is 0 Å². The van der Waals surface area contributed by atoms with Crippen LogP contribution in [0.1, 0.15) is 64.4 Å². The standard InChI is InChI=1S/C21H32N2O2Si.C6H12O/c1-5-6-12-26(3,4)13-8-7-11-25-19-15-22-21(23-16-19)18-9-10-20(24)17(2)14-18;1-2-3-4-6-5-7-6/h9-10,14-16,24H,5-8,11-13H2,1-4H3;6H,2-5H2,1H3/t;6-/m.0/s1. The van der Waals surface area contributed by atoms with Gasteiger partial charge in [-0.25, -0.2) is 9.97 Å². The van der Waals surface area contributed by atoms with Gasteiger partial charge in [0.1, 0.15) is 5.75 Å². The molecule has 1 aromatic carbocycles. The molecule has 33 heavy (non-hydrogen) atoms. The van der Waals surface area contributed by atoms with Crippen molar-refractivity contribution >= 4 is 8.07 Å². The fourth-order valence-electron chi connectivity index (χ4n) is 3.68. The summed E-state index contributed by atoms with van der Waals surface area (Å²) in [6.07, 6.45) is 13.0. The van der Waals surface area contributed by atoms with Gasteiger partial charge >= 0.3 is 0 Å². The van der Waals surface area contributed by atoms with E-state index in [0.29, 0.717) is 17.7 Å². The van der Waals surface area contributed by atoms with Crippen LogP contribution in [-0.4, -0.2) is 42.5 Å². The average molecular weight is 473 g/mol. The van der Waals surface area contributed by atoms with Gasteiger partial charge in [0.25, 0.3) is 0 Å². The average Bonchev–Trinajstić information content (AvgIpc) is 3.63. The molecule has 1 atom stereocenters. The predicted octanol–water partition coefficient (Wildman–Crippen LogP) is 7.40. The second-order valence-corrected chi connectivity index (χ2v) is 15.2. The summed E-state index contributed by atoms with van der Waals surface area (Å²) >= 11 is 0. The number of aromatic hydroxyl groups is 1. The fourth-order valence-corrected chi connectivity index (χ4v) is 6.44. The molecule has 0 bridgehead atoms. The molecule has 0 unspecified atom stereocenters. The van der Waals surface area contributed by atoms with Gasteiger partial charge in [-0.3, -0.25) is 0 Å². The highest BCUT2D eigenvalue weighted by Gasteiger charge is 2.20. The summed E-state index contributed by atoms with van der Waals surface area (Å²) in [6, 6.07) is 8.20. The van der Waals surface area contributed by atoms with Crippen LogP contribution < -0.4 is 4.74 Å². The zero-order chi connectivity index (χ0) is 24.1. The Morgan fingerprint density at radius 2 is 1.70 bits per heavy atom. The number of nitrogens with zero attached hydrogens (tertiary/aromatic N) is 2. The summed E-state index contributed by atoms with van der Waals surface area (Å²) in [4.78, 5) is 8.76. The number of hydrogen-bond acceptors (Lipinski definition) is 5. The van der Waals surface area contributed by atoms with Crippen molar-refractivity contribution < 1.29 is 14.6 Å². The summed E-state index contributed by atoms with van der Waals surface area (Å²) in [6.45, 7) is 13.1. The third-order valence-electron chi connectivity index (χ3n) is 6.09. The first kappa shape index (κ1) is 27.3. The molecule has 1 N–H and O–H groups in total. The van der Waals surface area contributed by atoms with Crippen LogP contribution in [0.5, 0.6) is 11.5 Å². The minimum absolute atomic E-state index is 0.287. The number of aromatic nitrogens is 2. The minimum Gasteiger partial charge on any atom is -0.508 e. The van der Waals surface area contributed by atoms with Crippen molar-refractivity contribution in [3.63, 3.8) is 0 Å². The van der Waals surface area contributed by atoms with E-state index >= 15 is 0 Å². The van der Waals surface area contributed by atoms with Crippen LogP contribution in [0.15, 0.2) is 30.6 Å². The summed E-state index contributed by atoms with van der Waals surface area (Å²) in [5, 5.41) is 9.61. The number of benzene rings is 1. The van der Waals surface area contributed by atoms with Crippen LogP contribution in [0.25, 0.3) is 11.4 Å². The van der Waals surface area contributed by atoms with Crippen LogP contribution in [-0.2, 0) is 4.74 Å². The van der Waals surface area contributed by atoms with E-state index in [0.717, 1.165) is 30.8 Å². The number of phenols is 1. The van der Waals surface area contributed by atoms with E-state index in [1.54, 1.807) is 18.5 Å². The van der Waals surface area contributed by atoms with Crippen molar-refractivity contribution in [1.82, 2.24) is 9.97 Å². The minimum atomic E-state index is -1.01. The molecule has 6 heteroatoms. The Balaban J connectivity index is 0.000000468. The van der Waals surface area contributed by atoms with E-state index in [1.807, 2.05) is 19.1 Å². The molecule has 0 amide bonds. The normalized spacial score (nSPS) is 15.0. The van der Waals surface area contributed by atoms with Gasteiger partial charge in [0.2, 0.25) is 0 Å². The molecule has 0 saturated carbocycles. The SMILES string of the molecule is CCCC[C@H]1CO1.CCCC[Si](C)(C)CCCCOc1cnc(-c2ccc(O)c(C)c2)nc1. The quantitative estimate of drug-likeness (QED) is 0.187. The Hall–Kier alpha value is -1.92. The number of ether oxygens (including phenoxy) is 2. The number of hydrogen-bond donors (Lipinski definition) is 1. The molecule has 1 saturated heterocycles. The molecule has 0 radical (unpaired) electrons. The lowest BCUT2D eigenvalue weighted by Gasteiger charge is -2.21. The smallest absolute Gasteiger partial charge is 0.159 e. The Kier molecular flexibility index (Phi) is 11.9. The number of aryl methyl sites for hydroxylation is 1. The van der Waals surface area contributed by atoms with Gasteiger partial charge in [-0.15, -0.1) is 0 Å². The lowest BCUT2D eigenvalue weighted by Crippen LogP contribution is -2.24. The van der Waals surface area contributed by atoms with Gasteiger partial charge in [0, 0.05) is 13.6 Å². The van der Waals surface area contributed by atoms with Gasteiger partial charge in [0.15, 0.2) is 11.6 Å². The molecule has 2 heterocycles. The lowest BCUT2D eigenvalue weighted by atomic mass is 10.1. The van der Waals surface area contributed by atoms with Gasteiger partial charge in [-0.05, 0) is 43.5 Å². The predicted molar refractivity (Wildman–Crippen MR) is 140 cm³/mol. The zero-order valence-corrected chi connectivity index (χ0v) is 22.4. The van der Waals surface area contributed by atoms with E-state index < -0.39 is 8.07 Å². The lowest BCUT2D eigenvalue weighted by molar-refractivity contribution is 0.306. The first-order valence-electron chi connectivity index (χ1n) is 12.7. The Labute approximate surface area is 202 Å². The van der Waals surface area contributed by atoms with Crippen molar-refractivity contribution in [2.45, 2.75) is 97.0 Å². The monoisotopic (exact) mass is 472 g/mol. The zero-order valence-electron chi connectivity index (χ0n) is 21.4. The van der Waals surface area contributed by atoms with Gasteiger partial charge < -0.3 is 14.6 Å². The van der Waals surface area contributed by atoms with E-state index in [4.69, 9.17) is 9.47 Å². The molecule has 3 rings (SSSR count). The van der Waals surface area contributed by atoms with Crippen LogP contribution in [0.4, 0.5) is 0 Å². The van der Waals surface area contributed by atoms with Crippen molar-refractivity contribution in [3.8, 4) is 22.9 Å². The van der Waals surface area contributed by atoms with Crippen molar-refractivity contribution in [2.75, 3.05) is 13.2 Å². The highest BCUT2D eigenvalue weighted by atomic mass is 28.3. The highest BCUT2D eigenvalue weighted by molar-refractivity contribution is 6.77. The number of rotatable bonds is 13. The second-order valence-electron chi connectivity index (χ2n) is 9.91. The summed E-state index contributed by atoms with van der Waals surface area (Å²) in [7, 11) is -1.01. The molecule has 0 spiro atoms. The van der Waals surface area contributed by atoms with Crippen LogP contribution in [0.2, 0.25) is 25.2 Å². The summed E-state index contributed by atoms with van der Waals surface area (Å²) in [5.74, 6) is 1.64. The van der Waals surface area contributed by atoms with Crippen LogP contribution in [0, 0.1) is 6.92 Å². The van der Waals surface area contributed by atoms with Crippen LogP contribution >= 0.6 is 0 Å². The Morgan fingerprint density at radius 3 is 2.30 bits per heavy atom. The van der Waals surface area contributed by atoms with Gasteiger partial charge in [-0.1, -0.05) is 71.1 Å². The second kappa shape index (κ2) is 14.4. The number of phenolic OH excluding ortho intramolecular Hbond substituents is 1. The topological polar surface area (TPSA) is 67.8 Å². The fraction of sp³-hybridized carbons (Fsp3) is 0.630.